The normalized spacial score (nSPS) is 30.7. The molecule has 0 aliphatic carbocycles. The molecule has 0 aromatic carbocycles. The van der Waals surface area contributed by atoms with Gasteiger partial charge in [-0.1, -0.05) is 5.16 Å². The van der Waals surface area contributed by atoms with Crippen molar-refractivity contribution in [3.05, 3.63) is 17.5 Å². The minimum Gasteiger partial charge on any atom is -0.374 e. The van der Waals surface area contributed by atoms with E-state index in [2.05, 4.69) is 22.0 Å². The second-order valence-electron chi connectivity index (χ2n) is 5.06. The van der Waals surface area contributed by atoms with Crippen LogP contribution in [0.3, 0.4) is 0 Å². The highest BCUT2D eigenvalue weighted by Gasteiger charge is 2.38. The first-order chi connectivity index (χ1) is 8.24. The maximum absolute atomic E-state index is 5.83. The molecule has 1 aromatic rings. The van der Waals surface area contributed by atoms with Crippen LogP contribution >= 0.6 is 0 Å². The summed E-state index contributed by atoms with van der Waals surface area (Å²) in [5.41, 5.74) is 1.19. The maximum Gasteiger partial charge on any atom is 0.138 e. The molecule has 0 bridgehead atoms. The number of aryl methyl sites for hydroxylation is 1. The largest absolute Gasteiger partial charge is 0.374 e. The molecular weight excluding hydrogens is 218 g/mol. The Morgan fingerprint density at radius 1 is 1.47 bits per heavy atom. The molecule has 0 unspecified atom stereocenters. The first-order valence-corrected chi connectivity index (χ1v) is 6.18. The van der Waals surface area contributed by atoms with Crippen molar-refractivity contribution in [2.24, 2.45) is 0 Å². The first kappa shape index (κ1) is 11.2. The van der Waals surface area contributed by atoms with E-state index in [4.69, 9.17) is 9.26 Å². The Hall–Kier alpha value is -0.910. The fourth-order valence-electron chi connectivity index (χ4n) is 2.77. The van der Waals surface area contributed by atoms with Crippen LogP contribution in [-0.4, -0.2) is 60.4 Å². The predicted molar refractivity (Wildman–Crippen MR) is 62.7 cm³/mol. The highest BCUT2D eigenvalue weighted by molar-refractivity contribution is 5.12. The molecule has 0 radical (unpaired) electrons. The maximum atomic E-state index is 5.83. The van der Waals surface area contributed by atoms with Crippen LogP contribution in [0.1, 0.15) is 11.3 Å². The molecule has 94 valence electrons. The number of fused-ring (bicyclic) bond motifs is 1. The van der Waals surface area contributed by atoms with Crippen molar-refractivity contribution in [3.63, 3.8) is 0 Å². The molecule has 2 atom stereocenters. The van der Waals surface area contributed by atoms with Crippen molar-refractivity contribution < 1.29 is 9.26 Å². The lowest BCUT2D eigenvalue weighted by Crippen LogP contribution is -2.48. The molecule has 2 aliphatic heterocycles. The van der Waals surface area contributed by atoms with Gasteiger partial charge < -0.3 is 9.26 Å². The fourth-order valence-corrected chi connectivity index (χ4v) is 2.77. The number of likely N-dealkylation sites (N-methyl/N-ethyl adjacent to an activating group) is 1. The smallest absolute Gasteiger partial charge is 0.138 e. The lowest BCUT2D eigenvalue weighted by atomic mass is 10.1. The van der Waals surface area contributed by atoms with E-state index in [1.807, 2.05) is 13.1 Å². The van der Waals surface area contributed by atoms with Crippen LogP contribution in [0.25, 0.3) is 0 Å². The van der Waals surface area contributed by atoms with Gasteiger partial charge in [-0.2, -0.15) is 0 Å². The lowest BCUT2D eigenvalue weighted by Gasteiger charge is -2.33. The van der Waals surface area contributed by atoms with Gasteiger partial charge in [-0.15, -0.1) is 0 Å². The molecule has 17 heavy (non-hydrogen) atoms. The van der Waals surface area contributed by atoms with Crippen molar-refractivity contribution in [1.29, 1.82) is 0 Å². The Balaban J connectivity index is 1.65. The van der Waals surface area contributed by atoms with Gasteiger partial charge in [0.05, 0.1) is 18.9 Å². The summed E-state index contributed by atoms with van der Waals surface area (Å²) in [7, 11) is 2.19. The van der Waals surface area contributed by atoms with Crippen LogP contribution in [0.15, 0.2) is 10.7 Å². The Labute approximate surface area is 101 Å². The van der Waals surface area contributed by atoms with E-state index in [1.54, 1.807) is 0 Å². The molecule has 0 spiro atoms. The van der Waals surface area contributed by atoms with E-state index in [1.165, 1.54) is 5.56 Å². The summed E-state index contributed by atoms with van der Waals surface area (Å²) in [4.78, 5) is 4.84. The van der Waals surface area contributed by atoms with Gasteiger partial charge in [0.1, 0.15) is 5.76 Å². The van der Waals surface area contributed by atoms with Crippen LogP contribution < -0.4 is 0 Å². The van der Waals surface area contributed by atoms with E-state index in [-0.39, 0.29) is 0 Å². The van der Waals surface area contributed by atoms with Crippen molar-refractivity contribution >= 4 is 0 Å². The molecule has 0 N–H and O–H groups in total. The first-order valence-electron chi connectivity index (χ1n) is 6.18. The van der Waals surface area contributed by atoms with E-state index in [9.17, 15) is 0 Å². The van der Waals surface area contributed by atoms with Crippen molar-refractivity contribution in [2.45, 2.75) is 25.6 Å². The number of aromatic nitrogens is 1. The summed E-state index contributed by atoms with van der Waals surface area (Å²) in [6.45, 7) is 6.87. The Bertz CT molecular complexity index is 393. The number of ether oxygens (including phenoxy) is 1. The third kappa shape index (κ3) is 2.10. The summed E-state index contributed by atoms with van der Waals surface area (Å²) in [6, 6.07) is 0.545. The SMILES string of the molecule is Cc1oncc1CN1C[C@H]2OCCN(C)[C@H]2C1. The van der Waals surface area contributed by atoms with Gasteiger partial charge in [-0.25, -0.2) is 0 Å². The Kier molecular flexibility index (Phi) is 2.90. The molecule has 0 saturated carbocycles. The van der Waals surface area contributed by atoms with E-state index in [0.29, 0.717) is 12.1 Å². The number of morpholine rings is 1. The van der Waals surface area contributed by atoms with Gasteiger partial charge in [0.25, 0.3) is 0 Å². The number of nitrogens with zero attached hydrogens (tertiary/aromatic N) is 3. The van der Waals surface area contributed by atoms with Crippen molar-refractivity contribution in [2.75, 3.05) is 33.3 Å². The van der Waals surface area contributed by atoms with E-state index < -0.39 is 0 Å². The minimum absolute atomic E-state index is 0.369. The van der Waals surface area contributed by atoms with E-state index >= 15 is 0 Å². The zero-order valence-electron chi connectivity index (χ0n) is 10.4. The molecular formula is C12H19N3O2. The van der Waals surface area contributed by atoms with Crippen LogP contribution in [0.5, 0.6) is 0 Å². The van der Waals surface area contributed by atoms with Gasteiger partial charge in [-0.3, -0.25) is 9.80 Å². The predicted octanol–water partition coefficient (Wildman–Crippen LogP) is 0.498. The third-order valence-corrected chi connectivity index (χ3v) is 3.90. The monoisotopic (exact) mass is 237 g/mol. The van der Waals surface area contributed by atoms with Gasteiger partial charge in [0.2, 0.25) is 0 Å². The fraction of sp³-hybridized carbons (Fsp3) is 0.750. The zero-order valence-corrected chi connectivity index (χ0v) is 10.4. The lowest BCUT2D eigenvalue weighted by molar-refractivity contribution is -0.0370. The number of likely N-dealkylation sites (tertiary alicyclic amines) is 1. The standard InChI is InChI=1S/C12H19N3O2/c1-9-10(5-13-17-9)6-15-7-11-12(8-15)16-4-3-14(11)2/h5,11-12H,3-4,6-8H2,1-2H3/t11-,12+/m0/s1. The van der Waals surface area contributed by atoms with Crippen LogP contribution in [-0.2, 0) is 11.3 Å². The molecule has 3 heterocycles. The summed E-state index contributed by atoms with van der Waals surface area (Å²) in [5.74, 6) is 0.925. The number of rotatable bonds is 2. The van der Waals surface area contributed by atoms with Crippen molar-refractivity contribution in [1.82, 2.24) is 15.0 Å². The summed E-state index contributed by atoms with van der Waals surface area (Å²) < 4.78 is 10.9. The quantitative estimate of drug-likeness (QED) is 0.749. The van der Waals surface area contributed by atoms with Gasteiger partial charge in [0.15, 0.2) is 0 Å². The number of hydrogen-bond acceptors (Lipinski definition) is 5. The highest BCUT2D eigenvalue weighted by atomic mass is 16.5. The van der Waals surface area contributed by atoms with Gasteiger partial charge in [-0.05, 0) is 14.0 Å². The minimum atomic E-state index is 0.369. The van der Waals surface area contributed by atoms with Gasteiger partial charge >= 0.3 is 0 Å². The van der Waals surface area contributed by atoms with Crippen LogP contribution in [0, 0.1) is 6.92 Å². The van der Waals surface area contributed by atoms with Crippen LogP contribution in [0.2, 0.25) is 0 Å². The third-order valence-electron chi connectivity index (χ3n) is 3.90. The Morgan fingerprint density at radius 3 is 3.06 bits per heavy atom. The highest BCUT2D eigenvalue weighted by Crippen LogP contribution is 2.23. The summed E-state index contributed by atoms with van der Waals surface area (Å²) in [6.07, 6.45) is 2.19. The molecule has 2 fully saturated rings. The van der Waals surface area contributed by atoms with Gasteiger partial charge in [0, 0.05) is 37.8 Å². The van der Waals surface area contributed by atoms with E-state index in [0.717, 1.165) is 38.5 Å². The number of hydrogen-bond donors (Lipinski definition) is 0. The summed E-state index contributed by atoms with van der Waals surface area (Å²) >= 11 is 0. The molecule has 2 aliphatic rings. The molecule has 0 amide bonds. The summed E-state index contributed by atoms with van der Waals surface area (Å²) in [5, 5.41) is 3.83. The molecule has 1 aromatic heterocycles. The molecule has 2 saturated heterocycles. The average Bonchev–Trinajstić information content (AvgIpc) is 2.87. The zero-order chi connectivity index (χ0) is 11.8. The average molecular weight is 237 g/mol. The topological polar surface area (TPSA) is 41.7 Å². The Morgan fingerprint density at radius 2 is 2.35 bits per heavy atom. The van der Waals surface area contributed by atoms with Crippen molar-refractivity contribution in [3.8, 4) is 0 Å². The van der Waals surface area contributed by atoms with Crippen LogP contribution in [0.4, 0.5) is 0 Å². The second-order valence-corrected chi connectivity index (χ2v) is 5.06. The molecule has 3 rings (SSSR count). The second kappa shape index (κ2) is 4.40. The molecule has 5 heteroatoms. The molecule has 5 nitrogen and oxygen atoms in total.